The van der Waals surface area contributed by atoms with Crippen LogP contribution in [0.5, 0.6) is 5.88 Å². The summed E-state index contributed by atoms with van der Waals surface area (Å²) < 4.78 is 28.9. The normalized spacial score (nSPS) is 11.8. The van der Waals surface area contributed by atoms with Crippen molar-refractivity contribution in [2.75, 3.05) is 11.6 Å². The lowest BCUT2D eigenvalue weighted by Gasteiger charge is -2.20. The Hall–Kier alpha value is -2.68. The van der Waals surface area contributed by atoms with Crippen LogP contribution in [0.1, 0.15) is 26.3 Å². The summed E-state index contributed by atoms with van der Waals surface area (Å²) in [5.74, 6) is 0.457. The van der Waals surface area contributed by atoms with Crippen LogP contribution in [0.15, 0.2) is 41.4 Å². The third-order valence-electron chi connectivity index (χ3n) is 3.29. The van der Waals surface area contributed by atoms with Crippen LogP contribution in [0, 0.1) is 10.1 Å². The molecule has 0 aliphatic carbocycles. The minimum atomic E-state index is -3.52. The maximum absolute atomic E-state index is 11.6. The van der Waals surface area contributed by atoms with Gasteiger partial charge in [-0.2, -0.15) is 0 Å². The molecule has 2 aromatic rings. The number of nitrogens with zero attached hydrogens (tertiary/aromatic N) is 2. The van der Waals surface area contributed by atoms with E-state index >= 15 is 0 Å². The number of nitrogens with one attached hydrogen (secondary N) is 1. The first-order chi connectivity index (χ1) is 12.0. The number of pyridine rings is 1. The van der Waals surface area contributed by atoms with Gasteiger partial charge in [-0.1, -0.05) is 0 Å². The minimum absolute atomic E-state index is 0.0977. The highest BCUT2D eigenvalue weighted by Gasteiger charge is 2.19. The quantitative estimate of drug-likeness (QED) is 0.606. The average molecular weight is 379 g/mol. The first kappa shape index (κ1) is 19.6. The van der Waals surface area contributed by atoms with Crippen LogP contribution in [-0.4, -0.2) is 30.2 Å². The highest BCUT2D eigenvalue weighted by molar-refractivity contribution is 7.90. The highest BCUT2D eigenvalue weighted by atomic mass is 32.2. The Balaban J connectivity index is 2.22. The third kappa shape index (κ3) is 5.41. The summed E-state index contributed by atoms with van der Waals surface area (Å²) in [5, 5.41) is 14.2. The Labute approximate surface area is 152 Å². The molecule has 1 aromatic carbocycles. The molecule has 26 heavy (non-hydrogen) atoms. The lowest BCUT2D eigenvalue weighted by atomic mass is 10.2. The topological polar surface area (TPSA) is 111 Å². The molecule has 0 atom stereocenters. The zero-order valence-electron chi connectivity index (χ0n) is 15.0. The predicted molar refractivity (Wildman–Crippen MR) is 98.2 cm³/mol. The van der Waals surface area contributed by atoms with Crippen molar-refractivity contribution >= 4 is 21.2 Å². The van der Waals surface area contributed by atoms with Crippen molar-refractivity contribution in [2.45, 2.75) is 37.8 Å². The number of nitro benzene ring substituents is 1. The largest absolute Gasteiger partial charge is 0.472 e. The van der Waals surface area contributed by atoms with Crippen LogP contribution in [0.2, 0.25) is 0 Å². The Morgan fingerprint density at radius 3 is 2.50 bits per heavy atom. The van der Waals surface area contributed by atoms with Gasteiger partial charge < -0.3 is 10.1 Å². The van der Waals surface area contributed by atoms with Crippen molar-refractivity contribution in [3.63, 3.8) is 0 Å². The van der Waals surface area contributed by atoms with E-state index in [9.17, 15) is 18.5 Å². The van der Waals surface area contributed by atoms with E-state index in [1.165, 1.54) is 12.1 Å². The third-order valence-corrected chi connectivity index (χ3v) is 4.40. The molecule has 2 rings (SSSR count). The number of rotatable bonds is 6. The molecule has 0 saturated carbocycles. The van der Waals surface area contributed by atoms with Crippen molar-refractivity contribution in [1.82, 2.24) is 4.98 Å². The van der Waals surface area contributed by atoms with Gasteiger partial charge in [0.2, 0.25) is 5.88 Å². The van der Waals surface area contributed by atoms with E-state index in [4.69, 9.17) is 4.74 Å². The van der Waals surface area contributed by atoms with E-state index in [2.05, 4.69) is 10.3 Å². The summed E-state index contributed by atoms with van der Waals surface area (Å²) in [5.41, 5.74) is 0.366. The number of nitro groups is 1. The lowest BCUT2D eigenvalue weighted by molar-refractivity contribution is -0.384. The van der Waals surface area contributed by atoms with Crippen LogP contribution in [-0.2, 0) is 16.4 Å². The van der Waals surface area contributed by atoms with Gasteiger partial charge in [0.15, 0.2) is 9.84 Å². The second-order valence-corrected chi connectivity index (χ2v) is 8.79. The van der Waals surface area contributed by atoms with Gasteiger partial charge in [-0.05, 0) is 44.5 Å². The molecule has 8 nitrogen and oxygen atoms in total. The van der Waals surface area contributed by atoms with Gasteiger partial charge in [0.05, 0.1) is 9.82 Å². The number of benzene rings is 1. The van der Waals surface area contributed by atoms with E-state index < -0.39 is 14.8 Å². The molecule has 0 fully saturated rings. The minimum Gasteiger partial charge on any atom is -0.472 e. The van der Waals surface area contributed by atoms with Gasteiger partial charge in [0.1, 0.15) is 11.3 Å². The van der Waals surface area contributed by atoms with Crippen molar-refractivity contribution in [2.24, 2.45) is 0 Å². The number of hydrogen-bond donors (Lipinski definition) is 1. The fourth-order valence-electron chi connectivity index (χ4n) is 2.17. The molecule has 0 unspecified atom stereocenters. The predicted octanol–water partition coefficient (Wildman–Crippen LogP) is 3.18. The number of ether oxygens (including phenoxy) is 1. The molecule has 0 spiro atoms. The molecular weight excluding hydrogens is 358 g/mol. The average Bonchev–Trinajstić information content (AvgIpc) is 2.50. The highest BCUT2D eigenvalue weighted by Crippen LogP contribution is 2.28. The Morgan fingerprint density at radius 2 is 1.92 bits per heavy atom. The molecule has 1 heterocycles. The molecular formula is C17H21N3O5S. The summed E-state index contributed by atoms with van der Waals surface area (Å²) in [7, 11) is -3.52. The second kappa shape index (κ2) is 7.28. The smallest absolute Gasteiger partial charge is 0.293 e. The van der Waals surface area contributed by atoms with Crippen molar-refractivity contribution in [3.8, 4) is 5.88 Å². The standard InChI is InChI=1S/C17H21N3O5S/c1-17(2,3)25-16-9-12(7-8-18-16)11-19-14-6-5-13(26(4,23)24)10-15(14)20(21)22/h5-10,19H,11H2,1-4H3. The lowest BCUT2D eigenvalue weighted by Crippen LogP contribution is -2.23. The van der Waals surface area contributed by atoms with Crippen LogP contribution in [0.25, 0.3) is 0 Å². The summed E-state index contributed by atoms with van der Waals surface area (Å²) in [6, 6.07) is 7.29. The van der Waals surface area contributed by atoms with Crippen LogP contribution in [0.3, 0.4) is 0 Å². The number of sulfone groups is 1. The molecule has 0 bridgehead atoms. The summed E-state index contributed by atoms with van der Waals surface area (Å²) in [6.45, 7) is 6.02. The van der Waals surface area contributed by atoms with Crippen molar-refractivity contribution in [3.05, 3.63) is 52.2 Å². The SMILES string of the molecule is CC(C)(C)Oc1cc(CNc2ccc(S(C)(=O)=O)cc2[N+](=O)[O-])ccn1. The van der Waals surface area contributed by atoms with E-state index in [0.717, 1.165) is 17.9 Å². The number of hydrogen-bond acceptors (Lipinski definition) is 7. The summed E-state index contributed by atoms with van der Waals surface area (Å²) in [6.07, 6.45) is 2.60. The van der Waals surface area contributed by atoms with Crippen LogP contribution < -0.4 is 10.1 Å². The molecule has 0 amide bonds. The van der Waals surface area contributed by atoms with Gasteiger partial charge in [-0.3, -0.25) is 10.1 Å². The molecule has 0 aliphatic rings. The second-order valence-electron chi connectivity index (χ2n) is 6.78. The molecule has 0 radical (unpaired) electrons. The van der Waals surface area contributed by atoms with Gasteiger partial charge in [-0.25, -0.2) is 13.4 Å². The maximum Gasteiger partial charge on any atom is 0.293 e. The van der Waals surface area contributed by atoms with E-state index in [1.54, 1.807) is 18.3 Å². The summed E-state index contributed by atoms with van der Waals surface area (Å²) in [4.78, 5) is 14.7. The van der Waals surface area contributed by atoms with Crippen molar-refractivity contribution in [1.29, 1.82) is 0 Å². The molecule has 9 heteroatoms. The molecule has 140 valence electrons. The maximum atomic E-state index is 11.6. The molecule has 1 N–H and O–H groups in total. The Morgan fingerprint density at radius 1 is 1.23 bits per heavy atom. The molecule has 0 aliphatic heterocycles. The monoisotopic (exact) mass is 379 g/mol. The van der Waals surface area contributed by atoms with E-state index in [1.807, 2.05) is 20.8 Å². The van der Waals surface area contributed by atoms with Gasteiger partial charge >= 0.3 is 0 Å². The van der Waals surface area contributed by atoms with E-state index in [0.29, 0.717) is 12.4 Å². The summed E-state index contributed by atoms with van der Waals surface area (Å²) >= 11 is 0. The fraction of sp³-hybridized carbons (Fsp3) is 0.353. The Kier molecular flexibility index (Phi) is 5.50. The van der Waals surface area contributed by atoms with Gasteiger partial charge in [0, 0.05) is 31.1 Å². The first-order valence-electron chi connectivity index (χ1n) is 7.82. The molecule has 1 aromatic heterocycles. The van der Waals surface area contributed by atoms with Gasteiger partial charge in [0.25, 0.3) is 5.69 Å². The Bertz CT molecular complexity index is 920. The number of anilines is 1. The van der Waals surface area contributed by atoms with Crippen LogP contribution in [0.4, 0.5) is 11.4 Å². The molecule has 0 saturated heterocycles. The van der Waals surface area contributed by atoms with E-state index in [-0.39, 0.29) is 21.9 Å². The fourth-order valence-corrected chi connectivity index (χ4v) is 2.81. The zero-order chi connectivity index (χ0) is 19.5. The number of aromatic nitrogens is 1. The van der Waals surface area contributed by atoms with Crippen LogP contribution >= 0.6 is 0 Å². The van der Waals surface area contributed by atoms with Gasteiger partial charge in [-0.15, -0.1) is 0 Å². The van der Waals surface area contributed by atoms with Crippen molar-refractivity contribution < 1.29 is 18.1 Å². The first-order valence-corrected chi connectivity index (χ1v) is 9.71. The zero-order valence-corrected chi connectivity index (χ0v) is 15.8.